The van der Waals surface area contributed by atoms with Crippen molar-refractivity contribution < 1.29 is 22.7 Å². The Bertz CT molecular complexity index is 690. The molecule has 1 amide bonds. The molecule has 0 radical (unpaired) electrons. The van der Waals surface area contributed by atoms with Gasteiger partial charge in [0.2, 0.25) is 9.84 Å². The number of methoxy groups -OCH3 is 1. The monoisotopic (exact) mass is 360 g/mol. The Labute approximate surface area is 141 Å². The van der Waals surface area contributed by atoms with Gasteiger partial charge in [-0.1, -0.05) is 13.8 Å². The van der Waals surface area contributed by atoms with Crippen molar-refractivity contribution in [1.29, 1.82) is 0 Å². The van der Waals surface area contributed by atoms with E-state index in [1.807, 2.05) is 0 Å². The molecule has 24 heavy (non-hydrogen) atoms. The van der Waals surface area contributed by atoms with Crippen LogP contribution in [0.2, 0.25) is 0 Å². The number of esters is 1. The van der Waals surface area contributed by atoms with Crippen molar-refractivity contribution in [1.82, 2.24) is 19.7 Å². The molecule has 1 aromatic heterocycles. The van der Waals surface area contributed by atoms with Crippen LogP contribution in [0.15, 0.2) is 11.5 Å². The Morgan fingerprint density at radius 2 is 1.75 bits per heavy atom. The van der Waals surface area contributed by atoms with Gasteiger partial charge < -0.3 is 9.64 Å². The van der Waals surface area contributed by atoms with Crippen LogP contribution in [0.25, 0.3) is 0 Å². The van der Waals surface area contributed by atoms with Crippen LogP contribution >= 0.6 is 0 Å². The van der Waals surface area contributed by atoms with E-state index in [9.17, 15) is 18.0 Å². The standard InChI is InChI=1S/C14H24N4O5S/c1-6-14(7-2,11(19)23-5)24(21,22)12-15-10-18(16-12)13(20)17(8-3)9-4/h10H,6-9H2,1-5H3. The minimum Gasteiger partial charge on any atom is -0.468 e. The summed E-state index contributed by atoms with van der Waals surface area (Å²) in [6.45, 7) is 7.66. The van der Waals surface area contributed by atoms with Crippen LogP contribution < -0.4 is 0 Å². The first kappa shape index (κ1) is 20.1. The number of carbonyl (C=O) groups is 2. The van der Waals surface area contributed by atoms with Crippen molar-refractivity contribution >= 4 is 21.8 Å². The van der Waals surface area contributed by atoms with Gasteiger partial charge in [-0.05, 0) is 26.7 Å². The lowest BCUT2D eigenvalue weighted by molar-refractivity contribution is -0.144. The Morgan fingerprint density at radius 3 is 2.17 bits per heavy atom. The van der Waals surface area contributed by atoms with E-state index >= 15 is 0 Å². The molecule has 10 heteroatoms. The molecule has 0 saturated heterocycles. The summed E-state index contributed by atoms with van der Waals surface area (Å²) in [6, 6.07) is -0.481. The zero-order valence-corrected chi connectivity index (χ0v) is 15.5. The van der Waals surface area contributed by atoms with Crippen LogP contribution in [0.1, 0.15) is 40.5 Å². The molecule has 0 N–H and O–H groups in total. The van der Waals surface area contributed by atoms with Crippen molar-refractivity contribution in [3.63, 3.8) is 0 Å². The van der Waals surface area contributed by atoms with E-state index in [0.717, 1.165) is 18.1 Å². The molecular weight excluding hydrogens is 336 g/mol. The van der Waals surface area contributed by atoms with E-state index in [4.69, 9.17) is 0 Å². The number of rotatable bonds is 7. The van der Waals surface area contributed by atoms with Crippen LogP contribution in [0.4, 0.5) is 4.79 Å². The molecule has 9 nitrogen and oxygen atoms in total. The quantitative estimate of drug-likeness (QED) is 0.669. The number of amides is 1. The van der Waals surface area contributed by atoms with Crippen LogP contribution in [0.3, 0.4) is 0 Å². The van der Waals surface area contributed by atoms with Crippen LogP contribution in [-0.2, 0) is 19.4 Å². The van der Waals surface area contributed by atoms with E-state index in [2.05, 4.69) is 14.8 Å². The lowest BCUT2D eigenvalue weighted by Gasteiger charge is -2.26. The Kier molecular flexibility index (Phi) is 6.47. The minimum atomic E-state index is -4.21. The minimum absolute atomic E-state index is 0.0110. The van der Waals surface area contributed by atoms with Gasteiger partial charge in [0.15, 0.2) is 4.75 Å². The molecule has 0 aliphatic carbocycles. The number of sulfone groups is 1. The second-order valence-electron chi connectivity index (χ2n) is 5.12. The number of ether oxygens (including phenoxy) is 1. The second-order valence-corrected chi connectivity index (χ2v) is 7.28. The molecule has 0 spiro atoms. The zero-order valence-electron chi connectivity index (χ0n) is 14.6. The molecule has 0 aliphatic heterocycles. The van der Waals surface area contributed by atoms with Gasteiger partial charge in [0, 0.05) is 13.1 Å². The van der Waals surface area contributed by atoms with E-state index in [0.29, 0.717) is 13.1 Å². The molecule has 0 bridgehead atoms. The lowest BCUT2D eigenvalue weighted by atomic mass is 10.0. The number of hydrogen-bond acceptors (Lipinski definition) is 7. The topological polar surface area (TPSA) is 111 Å². The van der Waals surface area contributed by atoms with Crippen molar-refractivity contribution in [3.8, 4) is 0 Å². The van der Waals surface area contributed by atoms with Gasteiger partial charge in [-0.2, -0.15) is 4.68 Å². The van der Waals surface area contributed by atoms with E-state index < -0.39 is 31.7 Å². The summed E-state index contributed by atoms with van der Waals surface area (Å²) in [5.41, 5.74) is 0. The molecule has 0 unspecified atom stereocenters. The number of nitrogens with zero attached hydrogens (tertiary/aromatic N) is 4. The van der Waals surface area contributed by atoms with Gasteiger partial charge in [0.25, 0.3) is 5.16 Å². The molecule has 0 saturated carbocycles. The molecule has 0 atom stereocenters. The van der Waals surface area contributed by atoms with Crippen LogP contribution in [-0.4, -0.2) is 65.0 Å². The summed E-state index contributed by atoms with van der Waals surface area (Å²) in [5, 5.41) is 3.24. The third-order valence-electron chi connectivity index (χ3n) is 4.16. The van der Waals surface area contributed by atoms with Crippen LogP contribution in [0.5, 0.6) is 0 Å². The highest BCUT2D eigenvalue weighted by Gasteiger charge is 2.51. The first-order valence-corrected chi connectivity index (χ1v) is 9.27. The van der Waals surface area contributed by atoms with E-state index in [-0.39, 0.29) is 12.8 Å². The van der Waals surface area contributed by atoms with Crippen molar-refractivity contribution in [2.45, 2.75) is 50.4 Å². The van der Waals surface area contributed by atoms with E-state index in [1.165, 1.54) is 4.90 Å². The summed E-state index contributed by atoms with van der Waals surface area (Å²) in [4.78, 5) is 29.6. The fourth-order valence-electron chi connectivity index (χ4n) is 2.49. The number of hydrogen-bond donors (Lipinski definition) is 0. The maximum Gasteiger partial charge on any atom is 0.346 e. The SMILES string of the molecule is CCN(CC)C(=O)n1cnc(S(=O)(=O)C(CC)(CC)C(=O)OC)n1. The maximum absolute atomic E-state index is 12.9. The smallest absolute Gasteiger partial charge is 0.346 e. The lowest BCUT2D eigenvalue weighted by Crippen LogP contribution is -2.46. The predicted molar refractivity (Wildman–Crippen MR) is 86.3 cm³/mol. The summed E-state index contributed by atoms with van der Waals surface area (Å²) in [6.07, 6.45) is 1.06. The molecular formula is C14H24N4O5S. The fourth-order valence-corrected chi connectivity index (χ4v) is 4.29. The van der Waals surface area contributed by atoms with Gasteiger partial charge in [-0.3, -0.25) is 4.79 Å². The summed E-state index contributed by atoms with van der Waals surface area (Å²) in [7, 11) is -3.08. The average molecular weight is 360 g/mol. The molecule has 0 aliphatic rings. The zero-order chi connectivity index (χ0) is 18.5. The van der Waals surface area contributed by atoms with Crippen LogP contribution in [0, 0.1) is 0 Å². The molecule has 1 heterocycles. The first-order valence-electron chi connectivity index (χ1n) is 7.79. The number of aromatic nitrogens is 3. The van der Waals surface area contributed by atoms with Crippen molar-refractivity contribution in [2.24, 2.45) is 0 Å². The second kappa shape index (κ2) is 7.73. The molecule has 1 rings (SSSR count). The van der Waals surface area contributed by atoms with Crippen molar-refractivity contribution in [2.75, 3.05) is 20.2 Å². The number of carbonyl (C=O) groups excluding carboxylic acids is 2. The Morgan fingerprint density at radius 1 is 1.21 bits per heavy atom. The largest absolute Gasteiger partial charge is 0.468 e. The highest BCUT2D eigenvalue weighted by molar-refractivity contribution is 7.93. The summed E-state index contributed by atoms with van der Waals surface area (Å²) in [5.74, 6) is -0.862. The van der Waals surface area contributed by atoms with Gasteiger partial charge in [0.05, 0.1) is 7.11 Å². The van der Waals surface area contributed by atoms with Gasteiger partial charge in [-0.25, -0.2) is 18.2 Å². The van der Waals surface area contributed by atoms with Crippen molar-refractivity contribution in [3.05, 3.63) is 6.33 Å². The first-order chi connectivity index (χ1) is 11.2. The average Bonchev–Trinajstić information content (AvgIpc) is 3.07. The molecule has 0 fully saturated rings. The van der Waals surface area contributed by atoms with Gasteiger partial charge >= 0.3 is 12.0 Å². The third kappa shape index (κ3) is 3.14. The summed E-state index contributed by atoms with van der Waals surface area (Å²) < 4.78 is 29.6. The highest BCUT2D eigenvalue weighted by Crippen LogP contribution is 2.31. The predicted octanol–water partition coefficient (Wildman–Crippen LogP) is 1.09. The van der Waals surface area contributed by atoms with Gasteiger partial charge in [0.1, 0.15) is 6.33 Å². The van der Waals surface area contributed by atoms with E-state index in [1.54, 1.807) is 27.7 Å². The van der Waals surface area contributed by atoms with Gasteiger partial charge in [-0.15, -0.1) is 5.10 Å². The molecule has 136 valence electrons. The summed E-state index contributed by atoms with van der Waals surface area (Å²) >= 11 is 0. The molecule has 0 aromatic carbocycles. The third-order valence-corrected chi connectivity index (χ3v) is 6.60. The highest BCUT2D eigenvalue weighted by atomic mass is 32.2. The fraction of sp³-hybridized carbons (Fsp3) is 0.714. The Balaban J connectivity index is 3.35. The Hall–Kier alpha value is -1.97. The normalized spacial score (nSPS) is 12.0. The maximum atomic E-state index is 12.9. The molecule has 1 aromatic rings.